The molecular weight excluding hydrogens is 232 g/mol. The maximum absolute atomic E-state index is 11.0. The van der Waals surface area contributed by atoms with E-state index in [1.807, 2.05) is 18.2 Å². The molecule has 1 aromatic rings. The number of rotatable bonds is 5. The molecule has 0 aliphatic rings. The van der Waals surface area contributed by atoms with Gasteiger partial charge < -0.3 is 9.47 Å². The zero-order valence-electron chi connectivity index (χ0n) is 10.9. The average molecular weight is 250 g/mol. The van der Waals surface area contributed by atoms with Crippen LogP contribution in [0.1, 0.15) is 44.6 Å². The molecule has 0 spiro atoms. The molecule has 0 bridgehead atoms. The number of hydrogen-bond donors (Lipinski definition) is 0. The number of carbonyl (C=O) groups excluding carboxylic acids is 2. The number of ether oxygens (including phenoxy) is 2. The predicted molar refractivity (Wildman–Crippen MR) is 66.7 cm³/mol. The zero-order chi connectivity index (χ0) is 13.5. The van der Waals surface area contributed by atoms with Crippen molar-refractivity contribution >= 4 is 11.9 Å². The van der Waals surface area contributed by atoms with E-state index in [9.17, 15) is 9.59 Å². The van der Waals surface area contributed by atoms with Gasteiger partial charge in [0.25, 0.3) is 6.29 Å². The lowest BCUT2D eigenvalue weighted by Gasteiger charge is -2.17. The highest BCUT2D eigenvalue weighted by Crippen LogP contribution is 2.21. The summed E-state index contributed by atoms with van der Waals surface area (Å²) in [7, 11) is 0. The summed E-state index contributed by atoms with van der Waals surface area (Å²) >= 11 is 0. The molecule has 0 aliphatic carbocycles. The fourth-order valence-electron chi connectivity index (χ4n) is 1.65. The van der Waals surface area contributed by atoms with Crippen LogP contribution < -0.4 is 0 Å². The van der Waals surface area contributed by atoms with Crippen molar-refractivity contribution in [2.45, 2.75) is 39.9 Å². The van der Waals surface area contributed by atoms with Crippen LogP contribution >= 0.6 is 0 Å². The Bertz CT molecular complexity index is 410. The van der Waals surface area contributed by atoms with Gasteiger partial charge in [-0.1, -0.05) is 31.5 Å². The van der Waals surface area contributed by atoms with Crippen LogP contribution in [0.25, 0.3) is 0 Å². The van der Waals surface area contributed by atoms with Crippen LogP contribution in [-0.4, -0.2) is 11.9 Å². The van der Waals surface area contributed by atoms with Crippen molar-refractivity contribution in [1.82, 2.24) is 0 Å². The summed E-state index contributed by atoms with van der Waals surface area (Å²) in [6.07, 6.45) is 0.993. The van der Waals surface area contributed by atoms with Gasteiger partial charge in [-0.25, -0.2) is 0 Å². The van der Waals surface area contributed by atoms with Gasteiger partial charge in [-0.2, -0.15) is 0 Å². The van der Waals surface area contributed by atoms with E-state index in [1.165, 1.54) is 13.8 Å². The van der Waals surface area contributed by atoms with Crippen LogP contribution in [0.5, 0.6) is 0 Å². The number of benzene rings is 1. The molecule has 0 radical (unpaired) electrons. The number of esters is 2. The van der Waals surface area contributed by atoms with Crippen LogP contribution in [0.4, 0.5) is 0 Å². The van der Waals surface area contributed by atoms with E-state index in [-0.39, 0.29) is 0 Å². The smallest absolute Gasteiger partial charge is 0.305 e. The topological polar surface area (TPSA) is 52.6 Å². The SMILES string of the molecule is CCCc1cccc(C(OC(C)=O)OC(C)=O)c1. The van der Waals surface area contributed by atoms with E-state index in [0.717, 1.165) is 18.4 Å². The minimum absolute atomic E-state index is 0.484. The fourth-order valence-corrected chi connectivity index (χ4v) is 1.65. The third-order valence-corrected chi connectivity index (χ3v) is 2.31. The quantitative estimate of drug-likeness (QED) is 0.595. The average Bonchev–Trinajstić information content (AvgIpc) is 2.28. The first kappa shape index (κ1) is 14.2. The van der Waals surface area contributed by atoms with E-state index >= 15 is 0 Å². The molecule has 4 heteroatoms. The molecule has 0 aromatic heterocycles. The summed E-state index contributed by atoms with van der Waals surface area (Å²) in [5.74, 6) is -0.968. The summed E-state index contributed by atoms with van der Waals surface area (Å²) in [5, 5.41) is 0. The van der Waals surface area contributed by atoms with Crippen molar-refractivity contribution in [3.05, 3.63) is 35.4 Å². The zero-order valence-corrected chi connectivity index (χ0v) is 10.9. The van der Waals surface area contributed by atoms with E-state index in [1.54, 1.807) is 6.07 Å². The van der Waals surface area contributed by atoms with Crippen LogP contribution in [0, 0.1) is 0 Å². The molecule has 98 valence electrons. The van der Waals surface area contributed by atoms with Gasteiger partial charge in [0.1, 0.15) is 0 Å². The highest BCUT2D eigenvalue weighted by atomic mass is 16.7. The monoisotopic (exact) mass is 250 g/mol. The third kappa shape index (κ3) is 4.57. The van der Waals surface area contributed by atoms with Crippen LogP contribution in [-0.2, 0) is 25.5 Å². The van der Waals surface area contributed by atoms with Gasteiger partial charge in [-0.3, -0.25) is 9.59 Å². The molecule has 1 aromatic carbocycles. The lowest BCUT2D eigenvalue weighted by atomic mass is 10.1. The van der Waals surface area contributed by atoms with Gasteiger partial charge >= 0.3 is 11.9 Å². The molecule has 0 atom stereocenters. The molecule has 0 N–H and O–H groups in total. The Morgan fingerprint density at radius 3 is 2.28 bits per heavy atom. The molecule has 0 heterocycles. The van der Waals surface area contributed by atoms with Gasteiger partial charge in [-0.05, 0) is 18.1 Å². The van der Waals surface area contributed by atoms with Crippen LogP contribution in [0.2, 0.25) is 0 Å². The second-order valence-corrected chi connectivity index (χ2v) is 4.05. The maximum atomic E-state index is 11.0. The first-order valence-corrected chi connectivity index (χ1v) is 5.96. The van der Waals surface area contributed by atoms with Gasteiger partial charge in [0, 0.05) is 19.4 Å². The van der Waals surface area contributed by atoms with Gasteiger partial charge in [-0.15, -0.1) is 0 Å². The number of hydrogen-bond acceptors (Lipinski definition) is 4. The van der Waals surface area contributed by atoms with E-state index in [0.29, 0.717) is 5.56 Å². The molecule has 18 heavy (non-hydrogen) atoms. The lowest BCUT2D eigenvalue weighted by molar-refractivity contribution is -0.186. The Morgan fingerprint density at radius 2 is 1.78 bits per heavy atom. The van der Waals surface area contributed by atoms with Gasteiger partial charge in [0.05, 0.1) is 0 Å². The molecule has 0 fully saturated rings. The first-order valence-electron chi connectivity index (χ1n) is 5.96. The summed E-state index contributed by atoms with van der Waals surface area (Å²) in [6.45, 7) is 4.65. The molecule has 0 aliphatic heterocycles. The normalized spacial score (nSPS) is 10.2. The van der Waals surface area contributed by atoms with Crippen LogP contribution in [0.15, 0.2) is 24.3 Å². The van der Waals surface area contributed by atoms with Crippen molar-refractivity contribution in [2.75, 3.05) is 0 Å². The van der Waals surface area contributed by atoms with Crippen molar-refractivity contribution in [1.29, 1.82) is 0 Å². The van der Waals surface area contributed by atoms with Gasteiger partial charge in [0.2, 0.25) is 0 Å². The molecule has 0 saturated heterocycles. The molecule has 1 rings (SSSR count). The van der Waals surface area contributed by atoms with Crippen molar-refractivity contribution in [3.63, 3.8) is 0 Å². The highest BCUT2D eigenvalue weighted by Gasteiger charge is 2.18. The third-order valence-electron chi connectivity index (χ3n) is 2.31. The Kier molecular flexibility index (Phi) is 5.36. The summed E-state index contributed by atoms with van der Waals surface area (Å²) < 4.78 is 10.00. The molecule has 0 saturated carbocycles. The van der Waals surface area contributed by atoms with Crippen molar-refractivity contribution in [3.8, 4) is 0 Å². The Morgan fingerprint density at radius 1 is 1.17 bits per heavy atom. The van der Waals surface area contributed by atoms with Crippen LogP contribution in [0.3, 0.4) is 0 Å². The highest BCUT2D eigenvalue weighted by molar-refractivity contribution is 5.68. The lowest BCUT2D eigenvalue weighted by Crippen LogP contribution is -2.15. The molecule has 0 amide bonds. The molecular formula is C14H18O4. The minimum atomic E-state index is -0.961. The second kappa shape index (κ2) is 6.79. The van der Waals surface area contributed by atoms with E-state index in [4.69, 9.17) is 9.47 Å². The predicted octanol–water partition coefficient (Wildman–Crippen LogP) is 2.76. The van der Waals surface area contributed by atoms with E-state index in [2.05, 4.69) is 6.92 Å². The summed E-state index contributed by atoms with van der Waals surface area (Å²) in [4.78, 5) is 22.0. The molecule has 4 nitrogen and oxygen atoms in total. The van der Waals surface area contributed by atoms with Crippen molar-refractivity contribution < 1.29 is 19.1 Å². The van der Waals surface area contributed by atoms with E-state index < -0.39 is 18.2 Å². The Balaban J connectivity index is 2.92. The number of aryl methyl sites for hydroxylation is 1. The van der Waals surface area contributed by atoms with Gasteiger partial charge in [0.15, 0.2) is 0 Å². The summed E-state index contributed by atoms with van der Waals surface area (Å²) in [6, 6.07) is 7.52. The minimum Gasteiger partial charge on any atom is -0.421 e. The largest absolute Gasteiger partial charge is 0.421 e. The Labute approximate surface area is 107 Å². The maximum Gasteiger partial charge on any atom is 0.305 e. The Hall–Kier alpha value is -1.84. The molecule has 0 unspecified atom stereocenters. The fraction of sp³-hybridized carbons (Fsp3) is 0.429. The number of carbonyl (C=O) groups is 2. The first-order chi connectivity index (χ1) is 8.52. The second-order valence-electron chi connectivity index (χ2n) is 4.05. The van der Waals surface area contributed by atoms with Crippen molar-refractivity contribution in [2.24, 2.45) is 0 Å². The standard InChI is InChI=1S/C14H18O4/c1-4-6-12-7-5-8-13(9-12)14(17-10(2)15)18-11(3)16/h5,7-9,14H,4,6H2,1-3H3. The summed E-state index contributed by atoms with van der Waals surface area (Å²) in [5.41, 5.74) is 1.80.